The molecule has 2 aromatic rings. The van der Waals surface area contributed by atoms with Crippen LogP contribution in [0.5, 0.6) is 0 Å². The Morgan fingerprint density at radius 1 is 1.47 bits per heavy atom. The summed E-state index contributed by atoms with van der Waals surface area (Å²) in [4.78, 5) is 0. The Morgan fingerprint density at radius 2 is 2.24 bits per heavy atom. The van der Waals surface area contributed by atoms with Crippen molar-refractivity contribution < 1.29 is 5.11 Å². The molecule has 1 heterocycles. The Balaban J connectivity index is 2.14. The Hall–Kier alpha value is -1.13. The van der Waals surface area contributed by atoms with Crippen molar-refractivity contribution >= 4 is 15.9 Å². The molecule has 0 bridgehead atoms. The molecule has 0 radical (unpaired) electrons. The first kappa shape index (κ1) is 12.3. The van der Waals surface area contributed by atoms with E-state index in [1.54, 1.807) is 10.9 Å². The fraction of sp³-hybridized carbons (Fsp3) is 0.308. The van der Waals surface area contributed by atoms with Crippen LogP contribution in [-0.4, -0.2) is 14.9 Å². The van der Waals surface area contributed by atoms with Crippen LogP contribution in [0.3, 0.4) is 0 Å². The van der Waals surface area contributed by atoms with Gasteiger partial charge >= 0.3 is 0 Å². The van der Waals surface area contributed by atoms with E-state index in [2.05, 4.69) is 21.0 Å². The van der Waals surface area contributed by atoms with Gasteiger partial charge in [-0.15, -0.1) is 0 Å². The van der Waals surface area contributed by atoms with Gasteiger partial charge in [0.2, 0.25) is 0 Å². The molecule has 2 rings (SSSR count). The normalized spacial score (nSPS) is 12.7. The molecule has 0 saturated carbocycles. The molecule has 0 spiro atoms. The van der Waals surface area contributed by atoms with E-state index < -0.39 is 6.10 Å². The SMILES string of the molecule is Cc1cc(C(O)Cc2cnn(C)c2)ccc1Br. The lowest BCUT2D eigenvalue weighted by Gasteiger charge is -2.11. The van der Waals surface area contributed by atoms with Crippen molar-refractivity contribution in [3.8, 4) is 0 Å². The van der Waals surface area contributed by atoms with Gasteiger partial charge in [0.05, 0.1) is 12.3 Å². The molecule has 1 unspecified atom stereocenters. The summed E-state index contributed by atoms with van der Waals surface area (Å²) in [5.74, 6) is 0. The molecule has 90 valence electrons. The molecule has 0 fully saturated rings. The van der Waals surface area contributed by atoms with Crippen LogP contribution in [0.2, 0.25) is 0 Å². The summed E-state index contributed by atoms with van der Waals surface area (Å²) >= 11 is 3.45. The zero-order valence-corrected chi connectivity index (χ0v) is 11.5. The summed E-state index contributed by atoms with van der Waals surface area (Å²) < 4.78 is 2.81. The molecule has 4 heteroatoms. The van der Waals surface area contributed by atoms with Crippen molar-refractivity contribution in [1.29, 1.82) is 0 Å². The number of aromatic nitrogens is 2. The third kappa shape index (κ3) is 2.96. The van der Waals surface area contributed by atoms with Crippen LogP contribution < -0.4 is 0 Å². The molecule has 1 atom stereocenters. The molecule has 3 nitrogen and oxygen atoms in total. The molecule has 0 aliphatic rings. The average molecular weight is 295 g/mol. The second-order valence-corrected chi connectivity index (χ2v) is 5.11. The van der Waals surface area contributed by atoms with E-state index in [1.165, 1.54) is 0 Å². The second kappa shape index (κ2) is 5.02. The van der Waals surface area contributed by atoms with Gasteiger partial charge in [0.1, 0.15) is 0 Å². The van der Waals surface area contributed by atoms with Gasteiger partial charge in [-0.1, -0.05) is 28.1 Å². The summed E-state index contributed by atoms with van der Waals surface area (Å²) in [7, 11) is 1.87. The van der Waals surface area contributed by atoms with Crippen LogP contribution in [0.25, 0.3) is 0 Å². The third-order valence-electron chi connectivity index (χ3n) is 2.75. The van der Waals surface area contributed by atoms with Crippen molar-refractivity contribution in [3.05, 3.63) is 51.8 Å². The maximum atomic E-state index is 10.1. The number of benzene rings is 1. The molecule has 0 amide bonds. The van der Waals surface area contributed by atoms with Gasteiger partial charge in [0, 0.05) is 24.1 Å². The Morgan fingerprint density at radius 3 is 2.82 bits per heavy atom. The Labute approximate surface area is 109 Å². The van der Waals surface area contributed by atoms with Crippen molar-refractivity contribution in [3.63, 3.8) is 0 Å². The van der Waals surface area contributed by atoms with E-state index in [9.17, 15) is 5.11 Å². The monoisotopic (exact) mass is 294 g/mol. The highest BCUT2D eigenvalue weighted by atomic mass is 79.9. The number of rotatable bonds is 3. The van der Waals surface area contributed by atoms with Crippen molar-refractivity contribution in [2.75, 3.05) is 0 Å². The molecule has 0 saturated heterocycles. The summed E-state index contributed by atoms with van der Waals surface area (Å²) in [6, 6.07) is 5.92. The molecule has 0 aliphatic carbocycles. The van der Waals surface area contributed by atoms with Crippen molar-refractivity contribution in [2.24, 2.45) is 7.05 Å². The summed E-state index contributed by atoms with van der Waals surface area (Å²) in [6.07, 6.45) is 3.82. The van der Waals surface area contributed by atoms with Crippen LogP contribution in [0.15, 0.2) is 35.1 Å². The van der Waals surface area contributed by atoms with Crippen LogP contribution in [0, 0.1) is 6.92 Å². The minimum Gasteiger partial charge on any atom is -0.388 e. The van der Waals surface area contributed by atoms with Gasteiger partial charge in [-0.05, 0) is 29.7 Å². The first-order valence-corrected chi connectivity index (χ1v) is 6.27. The molecular formula is C13H15BrN2O. The number of hydrogen-bond donors (Lipinski definition) is 1. The predicted molar refractivity (Wildman–Crippen MR) is 70.8 cm³/mol. The highest BCUT2D eigenvalue weighted by Gasteiger charge is 2.10. The second-order valence-electron chi connectivity index (χ2n) is 4.25. The number of nitrogens with zero attached hydrogens (tertiary/aromatic N) is 2. The first-order valence-electron chi connectivity index (χ1n) is 5.48. The van der Waals surface area contributed by atoms with Crippen LogP contribution in [0.1, 0.15) is 22.8 Å². The lowest BCUT2D eigenvalue weighted by atomic mass is 10.0. The molecule has 1 aromatic carbocycles. The maximum absolute atomic E-state index is 10.1. The van der Waals surface area contributed by atoms with Gasteiger partial charge in [-0.2, -0.15) is 5.10 Å². The zero-order chi connectivity index (χ0) is 12.4. The highest BCUT2D eigenvalue weighted by Crippen LogP contribution is 2.23. The zero-order valence-electron chi connectivity index (χ0n) is 9.89. The van der Waals surface area contributed by atoms with E-state index in [1.807, 2.05) is 38.4 Å². The predicted octanol–water partition coefficient (Wildman–Crippen LogP) is 2.77. The molecule has 1 N–H and O–H groups in total. The molecular weight excluding hydrogens is 280 g/mol. The number of aliphatic hydroxyl groups is 1. The number of aryl methyl sites for hydroxylation is 2. The topological polar surface area (TPSA) is 38.1 Å². The molecule has 0 aliphatic heterocycles. The number of halogens is 1. The van der Waals surface area contributed by atoms with E-state index in [4.69, 9.17) is 0 Å². The Kier molecular flexibility index (Phi) is 3.64. The van der Waals surface area contributed by atoms with E-state index in [-0.39, 0.29) is 0 Å². The van der Waals surface area contributed by atoms with Crippen LogP contribution in [-0.2, 0) is 13.5 Å². The van der Waals surface area contributed by atoms with Crippen molar-refractivity contribution in [2.45, 2.75) is 19.4 Å². The number of aliphatic hydroxyl groups excluding tert-OH is 1. The Bertz CT molecular complexity index is 522. The van der Waals surface area contributed by atoms with Gasteiger partial charge in [0.15, 0.2) is 0 Å². The van der Waals surface area contributed by atoms with E-state index in [0.717, 1.165) is 21.2 Å². The van der Waals surface area contributed by atoms with Crippen LogP contribution >= 0.6 is 15.9 Å². The largest absolute Gasteiger partial charge is 0.388 e. The minimum atomic E-state index is -0.481. The fourth-order valence-electron chi connectivity index (χ4n) is 1.79. The quantitative estimate of drug-likeness (QED) is 0.945. The lowest BCUT2D eigenvalue weighted by Crippen LogP contribution is -2.01. The lowest BCUT2D eigenvalue weighted by molar-refractivity contribution is 0.178. The molecule has 17 heavy (non-hydrogen) atoms. The van der Waals surface area contributed by atoms with Gasteiger partial charge in [-0.3, -0.25) is 4.68 Å². The highest BCUT2D eigenvalue weighted by molar-refractivity contribution is 9.10. The summed E-state index contributed by atoms with van der Waals surface area (Å²) in [5, 5.41) is 14.2. The average Bonchev–Trinajstić information content (AvgIpc) is 2.68. The van der Waals surface area contributed by atoms with E-state index in [0.29, 0.717) is 6.42 Å². The fourth-order valence-corrected chi connectivity index (χ4v) is 2.04. The van der Waals surface area contributed by atoms with Crippen LogP contribution in [0.4, 0.5) is 0 Å². The third-order valence-corrected chi connectivity index (χ3v) is 3.64. The summed E-state index contributed by atoms with van der Waals surface area (Å²) in [6.45, 7) is 2.02. The first-order chi connectivity index (χ1) is 8.06. The maximum Gasteiger partial charge on any atom is 0.0831 e. The standard InChI is InChI=1S/C13H15BrN2O/c1-9-5-11(3-4-12(9)14)13(17)6-10-7-15-16(2)8-10/h3-5,7-8,13,17H,6H2,1-2H3. The van der Waals surface area contributed by atoms with E-state index >= 15 is 0 Å². The van der Waals surface area contributed by atoms with Gasteiger partial charge in [0.25, 0.3) is 0 Å². The minimum absolute atomic E-state index is 0.481. The number of hydrogen-bond acceptors (Lipinski definition) is 2. The van der Waals surface area contributed by atoms with Gasteiger partial charge < -0.3 is 5.11 Å². The smallest absolute Gasteiger partial charge is 0.0831 e. The van der Waals surface area contributed by atoms with Gasteiger partial charge in [-0.25, -0.2) is 0 Å². The van der Waals surface area contributed by atoms with Crippen molar-refractivity contribution in [1.82, 2.24) is 9.78 Å². The molecule has 1 aromatic heterocycles. The summed E-state index contributed by atoms with van der Waals surface area (Å²) in [5.41, 5.74) is 3.11.